The first kappa shape index (κ1) is 25.3. The van der Waals surface area contributed by atoms with Gasteiger partial charge in [-0.1, -0.05) is 10.4 Å². The fraction of sp³-hybridized carbons (Fsp3) is 0.500. The number of nitrogens with zero attached hydrogens (tertiary/aromatic N) is 7. The Morgan fingerprint density at radius 3 is 2.19 bits per heavy atom. The van der Waals surface area contributed by atoms with Gasteiger partial charge in [-0.3, -0.25) is 23.9 Å². The van der Waals surface area contributed by atoms with Crippen molar-refractivity contribution in [2.24, 2.45) is 5.92 Å². The van der Waals surface area contributed by atoms with Gasteiger partial charge in [0.05, 0.1) is 25.6 Å². The Hall–Kier alpha value is -3.81. The van der Waals surface area contributed by atoms with Crippen LogP contribution in [0.2, 0.25) is 0 Å². The molecular weight excluding hydrogens is 476 g/mol. The van der Waals surface area contributed by atoms with Gasteiger partial charge in [0.25, 0.3) is 17.7 Å². The highest BCUT2D eigenvalue weighted by Gasteiger charge is 2.25. The Labute approximate surface area is 205 Å². The molecule has 2 amide bonds. The molecule has 2 N–H and O–H groups in total. The largest absolute Gasteiger partial charge is 0.381 e. The molecule has 4 heterocycles. The van der Waals surface area contributed by atoms with Crippen LogP contribution in [0.4, 0.5) is 8.78 Å². The molecule has 1 aliphatic heterocycles. The van der Waals surface area contributed by atoms with Crippen molar-refractivity contribution in [2.45, 2.75) is 45.3 Å². The predicted octanol–water partition coefficient (Wildman–Crippen LogP) is 1.16. The van der Waals surface area contributed by atoms with E-state index in [0.717, 1.165) is 26.0 Å². The Kier molecular flexibility index (Phi) is 7.93. The van der Waals surface area contributed by atoms with E-state index in [2.05, 4.69) is 36.2 Å². The number of hydrogen-bond acceptors (Lipinski definition) is 8. The third kappa shape index (κ3) is 6.87. The number of hydrogen-bond donors (Lipinski definition) is 2. The van der Waals surface area contributed by atoms with Crippen LogP contribution in [0, 0.1) is 5.92 Å². The van der Waals surface area contributed by atoms with Gasteiger partial charge >= 0.3 is 0 Å². The number of halogens is 2. The third-order valence-electron chi connectivity index (χ3n) is 5.58. The quantitative estimate of drug-likeness (QED) is 0.351. The van der Waals surface area contributed by atoms with Crippen LogP contribution in [-0.4, -0.2) is 66.5 Å². The average Bonchev–Trinajstić information content (AvgIpc) is 3.49. The average molecular weight is 504 g/mol. The monoisotopic (exact) mass is 503 g/mol. The first-order valence-electron chi connectivity index (χ1n) is 11.5. The van der Waals surface area contributed by atoms with E-state index in [9.17, 15) is 18.4 Å². The number of pyridine rings is 1. The molecule has 0 unspecified atom stereocenters. The standard InChI is InChI=1S/C22H27F2N9O3/c1-22(23,24)17-6-15(7-25-10-17)8-26-20(34)18-11-32(30-28-18)4-2-3-5-33-12-19(29-31-33)21(35)27-9-16-13-36-14-16/h6-7,10-12,16H,2-5,8-9,13-14H2,1H3,(H,26,34)(H,27,35). The van der Waals surface area contributed by atoms with Crippen LogP contribution >= 0.6 is 0 Å². The fourth-order valence-electron chi connectivity index (χ4n) is 3.40. The van der Waals surface area contributed by atoms with E-state index in [-0.39, 0.29) is 29.4 Å². The van der Waals surface area contributed by atoms with Gasteiger partial charge in [-0.15, -0.1) is 10.2 Å². The van der Waals surface area contributed by atoms with E-state index in [1.165, 1.54) is 18.5 Å². The van der Waals surface area contributed by atoms with Crippen LogP contribution in [0.1, 0.15) is 51.9 Å². The summed E-state index contributed by atoms with van der Waals surface area (Å²) in [4.78, 5) is 28.2. The minimum Gasteiger partial charge on any atom is -0.381 e. The van der Waals surface area contributed by atoms with E-state index >= 15 is 0 Å². The third-order valence-corrected chi connectivity index (χ3v) is 5.58. The Bertz CT molecular complexity index is 1190. The lowest BCUT2D eigenvalue weighted by Crippen LogP contribution is -2.39. The van der Waals surface area contributed by atoms with Gasteiger partial charge in [0.15, 0.2) is 11.4 Å². The van der Waals surface area contributed by atoms with E-state index in [0.29, 0.717) is 44.3 Å². The SMILES string of the molecule is CC(F)(F)c1cncc(CNC(=O)c2cn(CCCCn3cc(C(=O)NCC4COC4)nn3)nn2)c1. The molecule has 0 radical (unpaired) electrons. The molecule has 14 heteroatoms. The second-order valence-corrected chi connectivity index (χ2v) is 8.71. The number of aryl methyl sites for hydroxylation is 2. The molecular formula is C22H27F2N9O3. The van der Waals surface area contributed by atoms with Crippen molar-refractivity contribution in [1.82, 2.24) is 45.6 Å². The lowest BCUT2D eigenvalue weighted by atomic mass is 10.1. The van der Waals surface area contributed by atoms with Crippen LogP contribution in [0.5, 0.6) is 0 Å². The van der Waals surface area contributed by atoms with Gasteiger partial charge in [-0.2, -0.15) is 0 Å². The maximum absolute atomic E-state index is 13.4. The minimum absolute atomic E-state index is 0.0372. The van der Waals surface area contributed by atoms with Crippen molar-refractivity contribution in [2.75, 3.05) is 19.8 Å². The van der Waals surface area contributed by atoms with Gasteiger partial charge in [-0.05, 0) is 24.5 Å². The molecule has 0 saturated carbocycles. The molecule has 0 bridgehead atoms. The van der Waals surface area contributed by atoms with Gasteiger partial charge in [0.1, 0.15) is 0 Å². The molecule has 4 rings (SSSR count). The van der Waals surface area contributed by atoms with Crippen LogP contribution in [0.25, 0.3) is 0 Å². The number of amides is 2. The zero-order valence-electron chi connectivity index (χ0n) is 19.7. The van der Waals surface area contributed by atoms with Crippen molar-refractivity contribution in [3.05, 3.63) is 53.4 Å². The molecule has 12 nitrogen and oxygen atoms in total. The summed E-state index contributed by atoms with van der Waals surface area (Å²) in [6.07, 6.45) is 7.13. The highest BCUT2D eigenvalue weighted by molar-refractivity contribution is 5.92. The van der Waals surface area contributed by atoms with Crippen LogP contribution in [0.3, 0.4) is 0 Å². The molecule has 1 saturated heterocycles. The van der Waals surface area contributed by atoms with Crippen LogP contribution < -0.4 is 10.6 Å². The molecule has 3 aromatic heterocycles. The maximum Gasteiger partial charge on any atom is 0.273 e. The summed E-state index contributed by atoms with van der Waals surface area (Å²) in [5.74, 6) is -3.37. The molecule has 0 atom stereocenters. The lowest BCUT2D eigenvalue weighted by molar-refractivity contribution is -0.0299. The normalized spacial score (nSPS) is 13.9. The van der Waals surface area contributed by atoms with Crippen LogP contribution in [0.15, 0.2) is 30.9 Å². The number of carbonyl (C=O) groups excluding carboxylic acids is 2. The summed E-state index contributed by atoms with van der Waals surface area (Å²) < 4.78 is 35.1. The lowest BCUT2D eigenvalue weighted by Gasteiger charge is -2.25. The summed E-state index contributed by atoms with van der Waals surface area (Å²) in [5.41, 5.74) is 0.634. The van der Waals surface area contributed by atoms with Crippen molar-refractivity contribution < 1.29 is 23.1 Å². The number of rotatable bonds is 12. The number of carbonyl (C=O) groups is 2. The Morgan fingerprint density at radius 2 is 1.64 bits per heavy atom. The van der Waals surface area contributed by atoms with Gasteiger partial charge < -0.3 is 15.4 Å². The number of alkyl halides is 2. The molecule has 3 aromatic rings. The molecule has 1 aliphatic rings. The zero-order chi connectivity index (χ0) is 25.5. The molecule has 36 heavy (non-hydrogen) atoms. The first-order chi connectivity index (χ1) is 17.3. The second kappa shape index (κ2) is 11.3. The topological polar surface area (TPSA) is 142 Å². The smallest absolute Gasteiger partial charge is 0.273 e. The predicted molar refractivity (Wildman–Crippen MR) is 121 cm³/mol. The highest BCUT2D eigenvalue weighted by atomic mass is 19.3. The number of unbranched alkanes of at least 4 members (excludes halogenated alkanes) is 1. The summed E-state index contributed by atoms with van der Waals surface area (Å²) in [6.45, 7) is 3.83. The minimum atomic E-state index is -3.01. The van der Waals surface area contributed by atoms with Crippen molar-refractivity contribution >= 4 is 11.8 Å². The number of nitrogens with one attached hydrogen (secondary N) is 2. The van der Waals surface area contributed by atoms with E-state index in [1.807, 2.05) is 0 Å². The van der Waals surface area contributed by atoms with Crippen LogP contribution in [-0.2, 0) is 30.3 Å². The van der Waals surface area contributed by atoms with E-state index < -0.39 is 11.8 Å². The first-order valence-corrected chi connectivity index (χ1v) is 11.5. The Morgan fingerprint density at radius 1 is 1.03 bits per heavy atom. The molecule has 0 aromatic carbocycles. The van der Waals surface area contributed by atoms with E-state index in [4.69, 9.17) is 4.74 Å². The molecule has 192 valence electrons. The summed E-state index contributed by atoms with van der Waals surface area (Å²) >= 11 is 0. The van der Waals surface area contributed by atoms with Crippen molar-refractivity contribution in [3.8, 4) is 0 Å². The fourth-order valence-corrected chi connectivity index (χ4v) is 3.40. The van der Waals surface area contributed by atoms with Gasteiger partial charge in [0.2, 0.25) is 0 Å². The molecule has 0 aliphatic carbocycles. The number of ether oxygens (including phenoxy) is 1. The zero-order valence-corrected chi connectivity index (χ0v) is 19.7. The number of aromatic nitrogens is 7. The maximum atomic E-state index is 13.4. The highest BCUT2D eigenvalue weighted by Crippen LogP contribution is 2.26. The molecule has 0 spiro atoms. The van der Waals surface area contributed by atoms with Crippen molar-refractivity contribution in [3.63, 3.8) is 0 Å². The van der Waals surface area contributed by atoms with Gasteiger partial charge in [0, 0.05) is 57.0 Å². The van der Waals surface area contributed by atoms with Gasteiger partial charge in [-0.25, -0.2) is 8.78 Å². The summed E-state index contributed by atoms with van der Waals surface area (Å²) in [5, 5.41) is 21.2. The summed E-state index contributed by atoms with van der Waals surface area (Å²) in [6, 6.07) is 1.30. The summed E-state index contributed by atoms with van der Waals surface area (Å²) in [7, 11) is 0. The molecule has 1 fully saturated rings. The van der Waals surface area contributed by atoms with E-state index in [1.54, 1.807) is 15.6 Å². The second-order valence-electron chi connectivity index (χ2n) is 8.71. The van der Waals surface area contributed by atoms with Crippen molar-refractivity contribution in [1.29, 1.82) is 0 Å². The Balaban J connectivity index is 1.16.